The molecule has 0 aromatic heterocycles. The lowest BCUT2D eigenvalue weighted by Crippen LogP contribution is -2.66. The highest BCUT2D eigenvalue weighted by atomic mass is 16.5. The third kappa shape index (κ3) is 9.65. The Hall–Kier alpha value is -1.26. The highest BCUT2D eigenvalue weighted by Gasteiger charge is 2.72. The molecule has 4 saturated carbocycles. The normalized spacial score (nSPS) is 37.3. The van der Waals surface area contributed by atoms with Crippen molar-refractivity contribution < 1.29 is 24.5 Å². The number of rotatable bonds is 20. The van der Waals surface area contributed by atoms with Crippen LogP contribution >= 0.6 is 0 Å². The lowest BCUT2D eigenvalue weighted by molar-refractivity contribution is -0.239. The smallest absolute Gasteiger partial charge is 0.302 e. The average Bonchev–Trinajstić information content (AvgIpc) is 3.37. The molecule has 0 saturated heterocycles. The Balaban J connectivity index is 1.52. The molecule has 0 heterocycles. The molecule has 1 amide bonds. The zero-order valence-electron chi connectivity index (χ0n) is 35.5. The first-order valence-electron chi connectivity index (χ1n) is 22.0. The van der Waals surface area contributed by atoms with Gasteiger partial charge in [0.05, 0.1) is 12.2 Å². The minimum atomic E-state index is -0.489. The van der Waals surface area contributed by atoms with Crippen LogP contribution in [0, 0.1) is 57.7 Å². The van der Waals surface area contributed by atoms with E-state index in [4.69, 9.17) is 10.5 Å². The van der Waals surface area contributed by atoms with Crippen molar-refractivity contribution in [3.05, 3.63) is 0 Å². The zero-order chi connectivity index (χ0) is 39.1. The Bertz CT molecular complexity index is 1170. The number of aliphatic hydroxyl groups excluding tert-OH is 2. The Labute approximate surface area is 324 Å². The van der Waals surface area contributed by atoms with Gasteiger partial charge in [-0.15, -0.1) is 0 Å². The van der Waals surface area contributed by atoms with Crippen LogP contribution in [0.1, 0.15) is 139 Å². The summed E-state index contributed by atoms with van der Waals surface area (Å²) in [5, 5.41) is 26.6. The summed E-state index contributed by atoms with van der Waals surface area (Å²) in [7, 11) is 0. The van der Waals surface area contributed by atoms with Crippen molar-refractivity contribution >= 4 is 11.9 Å². The predicted molar refractivity (Wildman–Crippen MR) is 215 cm³/mol. The number of esters is 1. The Morgan fingerprint density at radius 1 is 0.868 bits per heavy atom. The van der Waals surface area contributed by atoms with Gasteiger partial charge in [-0.05, 0) is 156 Å². The SMILES string of the molecule is CCN(CCCN)CCCN(CC)CCCNC(=O)[C@@H](CCCC(C)C)[C@@H]1[C@@H](OC(C)=O)C[C@@]2(C)[C@H]1C[C@@H](O)[C@H]1[C@@]3(C)CC[C@@H](O)[C@@H](C)[C@@H]3CC[C@@]12C. The molecule has 4 aliphatic carbocycles. The number of amides is 1. The van der Waals surface area contributed by atoms with E-state index in [0.717, 1.165) is 116 Å². The van der Waals surface area contributed by atoms with Crippen molar-refractivity contribution in [1.29, 1.82) is 0 Å². The van der Waals surface area contributed by atoms with E-state index in [1.165, 1.54) is 6.92 Å². The van der Waals surface area contributed by atoms with Gasteiger partial charge in [-0.1, -0.05) is 68.2 Å². The van der Waals surface area contributed by atoms with Crippen molar-refractivity contribution in [1.82, 2.24) is 15.1 Å². The molecule has 0 aliphatic heterocycles. The van der Waals surface area contributed by atoms with Crippen LogP contribution in [-0.2, 0) is 14.3 Å². The molecule has 9 nitrogen and oxygen atoms in total. The topological polar surface area (TPSA) is 128 Å². The van der Waals surface area contributed by atoms with Crippen LogP contribution in [-0.4, -0.2) is 103 Å². The number of carbonyl (C=O) groups is 2. The second-order valence-electron chi connectivity index (χ2n) is 19.2. The number of aliphatic hydroxyl groups is 2. The summed E-state index contributed by atoms with van der Waals surface area (Å²) in [4.78, 5) is 32.2. The van der Waals surface area contributed by atoms with E-state index < -0.39 is 6.10 Å². The Kier molecular flexibility index (Phi) is 16.2. The molecule has 0 spiro atoms. The summed E-state index contributed by atoms with van der Waals surface area (Å²) in [6.45, 7) is 27.4. The fraction of sp³-hybridized carbons (Fsp3) is 0.955. The summed E-state index contributed by atoms with van der Waals surface area (Å²) < 4.78 is 6.27. The van der Waals surface area contributed by atoms with Crippen LogP contribution in [0.25, 0.3) is 0 Å². The number of ether oxygens (including phenoxy) is 1. The largest absolute Gasteiger partial charge is 0.462 e. The average molecular weight is 747 g/mol. The van der Waals surface area contributed by atoms with Crippen molar-refractivity contribution in [2.45, 2.75) is 158 Å². The van der Waals surface area contributed by atoms with Crippen LogP contribution < -0.4 is 11.1 Å². The van der Waals surface area contributed by atoms with E-state index >= 15 is 0 Å². The molecule has 308 valence electrons. The minimum Gasteiger partial charge on any atom is -0.462 e. The van der Waals surface area contributed by atoms with Gasteiger partial charge in [0, 0.05) is 25.3 Å². The van der Waals surface area contributed by atoms with Crippen LogP contribution in [0.15, 0.2) is 0 Å². The summed E-state index contributed by atoms with van der Waals surface area (Å²) in [5.41, 5.74) is 5.31. The third-order valence-electron chi connectivity index (χ3n) is 15.8. The Morgan fingerprint density at radius 2 is 1.51 bits per heavy atom. The van der Waals surface area contributed by atoms with Crippen LogP contribution in [0.3, 0.4) is 0 Å². The number of nitrogens with one attached hydrogen (secondary N) is 1. The summed E-state index contributed by atoms with van der Waals surface area (Å²) >= 11 is 0. The summed E-state index contributed by atoms with van der Waals surface area (Å²) in [6.07, 6.45) is 9.84. The van der Waals surface area contributed by atoms with Gasteiger partial charge >= 0.3 is 5.97 Å². The van der Waals surface area contributed by atoms with Gasteiger partial charge in [0.15, 0.2) is 0 Å². The maximum Gasteiger partial charge on any atom is 0.302 e. The number of hydrogen-bond acceptors (Lipinski definition) is 8. The zero-order valence-corrected chi connectivity index (χ0v) is 35.5. The second-order valence-corrected chi connectivity index (χ2v) is 19.2. The Morgan fingerprint density at radius 3 is 2.11 bits per heavy atom. The number of hydrogen-bond donors (Lipinski definition) is 4. The molecule has 5 N–H and O–H groups in total. The molecule has 4 rings (SSSR count). The van der Waals surface area contributed by atoms with E-state index in [2.05, 4.69) is 70.5 Å². The lowest BCUT2D eigenvalue weighted by atomic mass is 9.36. The van der Waals surface area contributed by atoms with Crippen molar-refractivity contribution in [3.8, 4) is 0 Å². The standard InChI is InChI=1S/C44H82N4O5/c1-10-47(24-13-22-45)26-15-27-48(11-2)25-14-23-46-41(52)33(17-12-16-30(3)4)39-35-28-37(51)40-42(7)20-19-36(50)31(5)34(42)18-21-43(40,8)44(35,9)29-38(39)53-32(6)49/h30-31,33-40,50-51H,10-29,45H2,1-9H3,(H,46,52)/t31-,33-,34-,35-,36+,37+,38-,39-,40-,42-,43-,44-/m0/s1. The summed E-state index contributed by atoms with van der Waals surface area (Å²) in [6, 6.07) is 0. The van der Waals surface area contributed by atoms with Gasteiger partial charge in [-0.25, -0.2) is 0 Å². The number of fused-ring (bicyclic) bond motifs is 5. The molecular formula is C44H82N4O5. The summed E-state index contributed by atoms with van der Waals surface area (Å²) in [5.74, 6) is 0.736. The first kappa shape index (κ1) is 44.5. The number of nitrogens with two attached hydrogens (primary N) is 1. The molecule has 0 bridgehead atoms. The molecule has 0 aromatic rings. The second kappa shape index (κ2) is 19.3. The molecule has 0 unspecified atom stereocenters. The molecule has 0 radical (unpaired) electrons. The fourth-order valence-electron chi connectivity index (χ4n) is 12.9. The molecule has 9 heteroatoms. The fourth-order valence-corrected chi connectivity index (χ4v) is 12.9. The van der Waals surface area contributed by atoms with E-state index in [1.807, 2.05) is 0 Å². The van der Waals surface area contributed by atoms with Gasteiger partial charge < -0.3 is 35.8 Å². The molecule has 12 atom stereocenters. The molecule has 53 heavy (non-hydrogen) atoms. The van der Waals surface area contributed by atoms with Gasteiger partial charge in [-0.3, -0.25) is 9.59 Å². The monoisotopic (exact) mass is 747 g/mol. The van der Waals surface area contributed by atoms with Crippen LogP contribution in [0.4, 0.5) is 0 Å². The molecule has 4 aliphatic rings. The number of nitrogens with zero attached hydrogens (tertiary/aromatic N) is 2. The highest BCUT2D eigenvalue weighted by molar-refractivity contribution is 5.79. The first-order chi connectivity index (χ1) is 25.1. The van der Waals surface area contributed by atoms with Gasteiger partial charge in [0.25, 0.3) is 0 Å². The van der Waals surface area contributed by atoms with E-state index in [9.17, 15) is 19.8 Å². The predicted octanol–water partition coefficient (Wildman–Crippen LogP) is 6.49. The van der Waals surface area contributed by atoms with E-state index in [1.54, 1.807) is 0 Å². The van der Waals surface area contributed by atoms with Crippen molar-refractivity contribution in [2.75, 3.05) is 52.4 Å². The maximum absolute atomic E-state index is 14.5. The maximum atomic E-state index is 14.5. The van der Waals surface area contributed by atoms with Gasteiger partial charge in [0.2, 0.25) is 5.91 Å². The van der Waals surface area contributed by atoms with Crippen LogP contribution in [0.2, 0.25) is 0 Å². The molecular weight excluding hydrogens is 665 g/mol. The van der Waals surface area contributed by atoms with Crippen molar-refractivity contribution in [3.63, 3.8) is 0 Å². The van der Waals surface area contributed by atoms with Crippen LogP contribution in [0.5, 0.6) is 0 Å². The van der Waals surface area contributed by atoms with Crippen molar-refractivity contribution in [2.24, 2.45) is 63.4 Å². The lowest BCUT2D eigenvalue weighted by Gasteiger charge is -2.69. The van der Waals surface area contributed by atoms with Gasteiger partial charge in [0.1, 0.15) is 6.10 Å². The first-order valence-corrected chi connectivity index (χ1v) is 22.0. The highest BCUT2D eigenvalue weighted by Crippen LogP contribution is 2.75. The quantitative estimate of drug-likeness (QED) is 0.0824. The van der Waals surface area contributed by atoms with Gasteiger partial charge in [-0.2, -0.15) is 0 Å². The van der Waals surface area contributed by atoms with E-state index in [-0.39, 0.29) is 69.9 Å². The molecule has 4 fully saturated rings. The number of carbonyl (C=O) groups excluding carboxylic acids is 2. The third-order valence-corrected chi connectivity index (χ3v) is 15.8. The minimum absolute atomic E-state index is 0.0612. The molecule has 0 aromatic carbocycles. The van der Waals surface area contributed by atoms with E-state index in [0.29, 0.717) is 24.8 Å².